The molecule has 0 radical (unpaired) electrons. The number of benzene rings is 1. The molecule has 0 aliphatic heterocycles. The van der Waals surface area contributed by atoms with Crippen molar-refractivity contribution in [2.24, 2.45) is 17.8 Å². The van der Waals surface area contributed by atoms with Crippen LogP contribution in [0.4, 0.5) is 4.39 Å². The maximum Gasteiger partial charge on any atom is 0.123 e. The smallest absolute Gasteiger partial charge is 0.123 e. The molecule has 1 heterocycles. The van der Waals surface area contributed by atoms with Crippen LogP contribution in [-0.2, 0) is 0 Å². The Kier molecular flexibility index (Phi) is 4.03. The van der Waals surface area contributed by atoms with Crippen LogP contribution in [0.3, 0.4) is 0 Å². The first-order chi connectivity index (χ1) is 11.6. The summed E-state index contributed by atoms with van der Waals surface area (Å²) in [5, 5.41) is 4.18. The second-order valence-corrected chi connectivity index (χ2v) is 7.65. The second-order valence-electron chi connectivity index (χ2n) is 7.65. The van der Waals surface area contributed by atoms with Gasteiger partial charge in [0.25, 0.3) is 0 Å². The molecule has 2 unspecified atom stereocenters. The summed E-state index contributed by atoms with van der Waals surface area (Å²) >= 11 is 0. The monoisotopic (exact) mass is 324 g/mol. The van der Waals surface area contributed by atoms with E-state index >= 15 is 0 Å². The summed E-state index contributed by atoms with van der Waals surface area (Å²) in [4.78, 5) is 4.40. The Morgan fingerprint density at radius 1 is 1.21 bits per heavy atom. The normalized spacial score (nSPS) is 28.9. The topological polar surface area (TPSA) is 24.9 Å². The lowest BCUT2D eigenvalue weighted by atomic mass is 9.89. The summed E-state index contributed by atoms with van der Waals surface area (Å²) in [7, 11) is 1.96. The van der Waals surface area contributed by atoms with Crippen LogP contribution in [0.15, 0.2) is 42.7 Å². The first kappa shape index (κ1) is 15.6. The van der Waals surface area contributed by atoms with Crippen molar-refractivity contribution in [1.82, 2.24) is 10.3 Å². The molecule has 24 heavy (non-hydrogen) atoms. The lowest BCUT2D eigenvalue weighted by Gasteiger charge is -2.17. The van der Waals surface area contributed by atoms with Gasteiger partial charge in [0.05, 0.1) is 5.52 Å². The Morgan fingerprint density at radius 2 is 1.96 bits per heavy atom. The SMILES string of the molecule is C=C(CC1CC2CC(c3ccnc4ccc(F)cc34)CC2C1)NC. The number of aromatic nitrogens is 1. The minimum atomic E-state index is -0.166. The van der Waals surface area contributed by atoms with Crippen LogP contribution in [0.1, 0.15) is 43.6 Å². The van der Waals surface area contributed by atoms with Crippen molar-refractivity contribution >= 4 is 10.9 Å². The first-order valence-electron chi connectivity index (χ1n) is 9.03. The zero-order valence-electron chi connectivity index (χ0n) is 14.3. The van der Waals surface area contributed by atoms with Crippen LogP contribution < -0.4 is 5.32 Å². The Balaban J connectivity index is 1.52. The molecule has 2 aliphatic rings. The second kappa shape index (κ2) is 6.19. The van der Waals surface area contributed by atoms with E-state index in [2.05, 4.69) is 22.9 Å². The van der Waals surface area contributed by atoms with Crippen molar-refractivity contribution < 1.29 is 4.39 Å². The van der Waals surface area contributed by atoms with Gasteiger partial charge in [0.2, 0.25) is 0 Å². The molecule has 0 spiro atoms. The maximum atomic E-state index is 13.7. The summed E-state index contributed by atoms with van der Waals surface area (Å²) in [6.45, 7) is 4.08. The molecule has 2 aromatic rings. The minimum Gasteiger partial charge on any atom is -0.392 e. The molecule has 2 atom stereocenters. The highest BCUT2D eigenvalue weighted by atomic mass is 19.1. The molecule has 1 aromatic carbocycles. The standard InChI is InChI=1S/C21H25FN2/c1-13(23-2)7-14-8-15-10-17(11-16(15)9-14)19-5-6-24-21-4-3-18(22)12-20(19)21/h3-6,12,14-17,23H,1,7-11H2,2H3. The number of hydrogen-bond donors (Lipinski definition) is 1. The molecule has 2 fully saturated rings. The zero-order valence-corrected chi connectivity index (χ0v) is 14.3. The lowest BCUT2D eigenvalue weighted by molar-refractivity contribution is 0.457. The molecule has 2 nitrogen and oxygen atoms in total. The van der Waals surface area contributed by atoms with Gasteiger partial charge in [-0.3, -0.25) is 4.98 Å². The molecular weight excluding hydrogens is 299 g/mol. The molecule has 4 rings (SSSR count). The van der Waals surface area contributed by atoms with Crippen LogP contribution in [0.25, 0.3) is 10.9 Å². The Labute approximate surface area is 143 Å². The van der Waals surface area contributed by atoms with E-state index in [1.165, 1.54) is 37.3 Å². The number of pyridine rings is 1. The average Bonchev–Trinajstić information content (AvgIpc) is 3.12. The highest BCUT2D eigenvalue weighted by Gasteiger charge is 2.42. The predicted molar refractivity (Wildman–Crippen MR) is 96.2 cm³/mol. The van der Waals surface area contributed by atoms with Crippen LogP contribution in [0.5, 0.6) is 0 Å². The minimum absolute atomic E-state index is 0.166. The van der Waals surface area contributed by atoms with Gasteiger partial charge >= 0.3 is 0 Å². The van der Waals surface area contributed by atoms with Crippen molar-refractivity contribution in [3.8, 4) is 0 Å². The van der Waals surface area contributed by atoms with E-state index in [9.17, 15) is 4.39 Å². The van der Waals surface area contributed by atoms with Gasteiger partial charge in [0.1, 0.15) is 5.82 Å². The highest BCUT2D eigenvalue weighted by Crippen LogP contribution is 2.54. The van der Waals surface area contributed by atoms with Crippen molar-refractivity contribution in [2.75, 3.05) is 7.05 Å². The largest absolute Gasteiger partial charge is 0.392 e. The Hall–Kier alpha value is -1.90. The van der Waals surface area contributed by atoms with Crippen LogP contribution >= 0.6 is 0 Å². The third kappa shape index (κ3) is 2.81. The third-order valence-electron chi connectivity index (χ3n) is 6.18. The number of hydrogen-bond acceptors (Lipinski definition) is 2. The first-order valence-corrected chi connectivity index (χ1v) is 9.03. The summed E-state index contributed by atoms with van der Waals surface area (Å²) in [5.41, 5.74) is 3.37. The lowest BCUT2D eigenvalue weighted by Crippen LogP contribution is -2.09. The van der Waals surface area contributed by atoms with Crippen molar-refractivity contribution in [3.63, 3.8) is 0 Å². The number of rotatable bonds is 4. The summed E-state index contributed by atoms with van der Waals surface area (Å²) < 4.78 is 13.7. The molecule has 2 saturated carbocycles. The average molecular weight is 324 g/mol. The fourth-order valence-electron chi connectivity index (χ4n) is 5.11. The van der Waals surface area contributed by atoms with E-state index < -0.39 is 0 Å². The van der Waals surface area contributed by atoms with Gasteiger partial charge in [-0.05, 0) is 85.6 Å². The van der Waals surface area contributed by atoms with E-state index in [1.54, 1.807) is 12.1 Å². The molecule has 0 amide bonds. The van der Waals surface area contributed by atoms with Gasteiger partial charge in [-0.2, -0.15) is 0 Å². The van der Waals surface area contributed by atoms with Gasteiger partial charge in [-0.25, -0.2) is 4.39 Å². The number of allylic oxidation sites excluding steroid dienone is 1. The summed E-state index contributed by atoms with van der Waals surface area (Å²) in [6, 6.07) is 7.06. The Bertz CT molecular complexity index is 756. The van der Waals surface area contributed by atoms with Crippen molar-refractivity contribution in [3.05, 3.63) is 54.1 Å². The van der Waals surface area contributed by atoms with Gasteiger partial charge in [-0.15, -0.1) is 0 Å². The molecule has 1 N–H and O–H groups in total. The molecule has 0 bridgehead atoms. The summed E-state index contributed by atoms with van der Waals surface area (Å²) in [5.74, 6) is 2.82. The van der Waals surface area contributed by atoms with Crippen LogP contribution in [0, 0.1) is 23.6 Å². The zero-order chi connectivity index (χ0) is 16.7. The predicted octanol–water partition coefficient (Wildman–Crippen LogP) is 5.02. The maximum absolute atomic E-state index is 13.7. The van der Waals surface area contributed by atoms with Gasteiger partial charge in [0, 0.05) is 24.3 Å². The van der Waals surface area contributed by atoms with E-state index in [0.29, 0.717) is 5.92 Å². The van der Waals surface area contributed by atoms with E-state index in [0.717, 1.165) is 40.8 Å². The van der Waals surface area contributed by atoms with E-state index in [4.69, 9.17) is 0 Å². The molecule has 2 aliphatic carbocycles. The molecule has 126 valence electrons. The van der Waals surface area contributed by atoms with Crippen LogP contribution in [0.2, 0.25) is 0 Å². The quantitative estimate of drug-likeness (QED) is 0.854. The Morgan fingerprint density at radius 3 is 2.67 bits per heavy atom. The summed E-state index contributed by atoms with van der Waals surface area (Å²) in [6.07, 6.45) is 8.10. The van der Waals surface area contributed by atoms with Gasteiger partial charge in [-0.1, -0.05) is 6.58 Å². The number of fused-ring (bicyclic) bond motifs is 2. The van der Waals surface area contributed by atoms with Gasteiger partial charge in [0.15, 0.2) is 0 Å². The molecular formula is C21H25FN2. The highest BCUT2D eigenvalue weighted by molar-refractivity contribution is 5.82. The fraction of sp³-hybridized carbons (Fsp3) is 0.476. The molecule has 3 heteroatoms. The number of halogens is 1. The van der Waals surface area contributed by atoms with Crippen molar-refractivity contribution in [2.45, 2.75) is 38.0 Å². The molecule has 0 saturated heterocycles. The van der Waals surface area contributed by atoms with E-state index in [-0.39, 0.29) is 5.82 Å². The van der Waals surface area contributed by atoms with Crippen LogP contribution in [-0.4, -0.2) is 12.0 Å². The fourth-order valence-corrected chi connectivity index (χ4v) is 5.11. The van der Waals surface area contributed by atoms with Gasteiger partial charge < -0.3 is 5.32 Å². The van der Waals surface area contributed by atoms with E-state index in [1.807, 2.05) is 13.2 Å². The third-order valence-corrected chi connectivity index (χ3v) is 6.18. The molecule has 1 aromatic heterocycles. The van der Waals surface area contributed by atoms with Crippen molar-refractivity contribution in [1.29, 1.82) is 0 Å². The number of nitrogens with zero attached hydrogens (tertiary/aromatic N) is 1. The number of nitrogens with one attached hydrogen (secondary N) is 1.